The first-order chi connectivity index (χ1) is 8.18. The molecule has 0 aromatic heterocycles. The van der Waals surface area contributed by atoms with Gasteiger partial charge in [0.15, 0.2) is 0 Å². The molecule has 0 aromatic carbocycles. The average Bonchev–Trinajstić information content (AvgIpc) is 2.27. The highest BCUT2D eigenvalue weighted by Gasteiger charge is 2.58. The largest absolute Gasteiger partial charge is 0.325 e. The lowest BCUT2D eigenvalue weighted by atomic mass is 9.43. The molecule has 0 heterocycles. The predicted octanol–water partition coefficient (Wildman–Crippen LogP) is 4.29. The van der Waals surface area contributed by atoms with E-state index in [1.807, 2.05) is 0 Å². The first kappa shape index (κ1) is 13.2. The van der Waals surface area contributed by atoms with Gasteiger partial charge < -0.3 is 5.73 Å². The van der Waals surface area contributed by atoms with E-state index in [0.29, 0.717) is 5.41 Å². The molecule has 18 heavy (non-hydrogen) atoms. The Hall–Kier alpha value is 0.250. The van der Waals surface area contributed by atoms with Crippen molar-refractivity contribution in [2.75, 3.05) is 0 Å². The van der Waals surface area contributed by atoms with Crippen LogP contribution in [0.5, 0.6) is 0 Å². The van der Waals surface area contributed by atoms with Crippen LogP contribution in [0.2, 0.25) is 0 Å². The Labute approximate surface area is 118 Å². The Balaban J connectivity index is 0.000001000. The monoisotopic (exact) mass is 269 g/mol. The third-order valence-electron chi connectivity index (χ3n) is 6.62. The van der Waals surface area contributed by atoms with Crippen LogP contribution in [0.4, 0.5) is 0 Å². The van der Waals surface area contributed by atoms with E-state index in [2.05, 4.69) is 0 Å². The molecule has 0 radical (unpaired) electrons. The zero-order valence-electron chi connectivity index (χ0n) is 11.5. The van der Waals surface area contributed by atoms with Gasteiger partial charge in [-0.3, -0.25) is 0 Å². The maximum Gasteiger partial charge on any atom is 0.0165 e. The number of hydrogen-bond acceptors (Lipinski definition) is 1. The molecule has 0 saturated heterocycles. The summed E-state index contributed by atoms with van der Waals surface area (Å²) in [6.07, 6.45) is 16.3. The highest BCUT2D eigenvalue weighted by Crippen LogP contribution is 2.65. The summed E-state index contributed by atoms with van der Waals surface area (Å²) in [6, 6.07) is 0. The zero-order chi connectivity index (χ0) is 11.5. The lowest BCUT2D eigenvalue weighted by Gasteiger charge is -2.64. The maximum absolute atomic E-state index is 6.71. The van der Waals surface area contributed by atoms with Gasteiger partial charge in [0, 0.05) is 5.54 Å². The van der Waals surface area contributed by atoms with Gasteiger partial charge in [0.05, 0.1) is 0 Å². The fraction of sp³-hybridized carbons (Fsp3) is 1.00. The molecule has 5 saturated carbocycles. The average molecular weight is 270 g/mol. The van der Waals surface area contributed by atoms with E-state index < -0.39 is 0 Å². The van der Waals surface area contributed by atoms with Crippen molar-refractivity contribution in [2.45, 2.75) is 76.2 Å². The van der Waals surface area contributed by atoms with Gasteiger partial charge in [-0.05, 0) is 74.5 Å². The van der Waals surface area contributed by atoms with Crippen LogP contribution >= 0.6 is 12.4 Å². The second-order valence-electron chi connectivity index (χ2n) is 8.02. The molecule has 5 aliphatic carbocycles. The minimum absolute atomic E-state index is 0. The van der Waals surface area contributed by atoms with Crippen LogP contribution in [0.15, 0.2) is 0 Å². The van der Waals surface area contributed by atoms with Crippen LogP contribution in [0.1, 0.15) is 70.6 Å². The molecule has 5 rings (SSSR count). The summed E-state index contributed by atoms with van der Waals surface area (Å²) in [7, 11) is 0. The van der Waals surface area contributed by atoms with Crippen molar-refractivity contribution in [2.24, 2.45) is 28.9 Å². The first-order valence-electron chi connectivity index (χ1n) is 7.96. The summed E-state index contributed by atoms with van der Waals surface area (Å²) in [6.45, 7) is 0. The van der Waals surface area contributed by atoms with Crippen molar-refractivity contribution in [1.82, 2.24) is 0 Å². The summed E-state index contributed by atoms with van der Waals surface area (Å²) in [4.78, 5) is 0. The van der Waals surface area contributed by atoms with E-state index in [1.54, 1.807) is 12.8 Å². The Bertz CT molecular complexity index is 307. The molecule has 0 aromatic rings. The van der Waals surface area contributed by atoms with E-state index in [9.17, 15) is 0 Å². The van der Waals surface area contributed by atoms with Gasteiger partial charge in [-0.1, -0.05) is 19.3 Å². The topological polar surface area (TPSA) is 26.0 Å². The van der Waals surface area contributed by atoms with E-state index in [1.165, 1.54) is 57.8 Å². The van der Waals surface area contributed by atoms with Crippen molar-refractivity contribution >= 4 is 12.4 Å². The highest BCUT2D eigenvalue weighted by molar-refractivity contribution is 5.85. The van der Waals surface area contributed by atoms with Crippen molar-refractivity contribution < 1.29 is 0 Å². The second kappa shape index (κ2) is 4.38. The van der Waals surface area contributed by atoms with Crippen molar-refractivity contribution in [3.63, 3.8) is 0 Å². The molecule has 2 N–H and O–H groups in total. The highest BCUT2D eigenvalue weighted by atomic mass is 35.5. The smallest absolute Gasteiger partial charge is 0.0165 e. The fourth-order valence-corrected chi connectivity index (χ4v) is 6.60. The molecule has 5 fully saturated rings. The molecule has 4 bridgehead atoms. The summed E-state index contributed by atoms with van der Waals surface area (Å²) in [5, 5.41) is 0. The SMILES string of the molecule is Cl.NC12CC3CC(C1)CC(C1CCCCC1)(C3)C2. The van der Waals surface area contributed by atoms with Gasteiger partial charge in [0.2, 0.25) is 0 Å². The minimum Gasteiger partial charge on any atom is -0.325 e. The molecule has 0 aliphatic heterocycles. The van der Waals surface area contributed by atoms with Crippen LogP contribution in [0.25, 0.3) is 0 Å². The lowest BCUT2D eigenvalue weighted by molar-refractivity contribution is -0.106. The Morgan fingerprint density at radius 3 is 2.00 bits per heavy atom. The Morgan fingerprint density at radius 1 is 0.833 bits per heavy atom. The zero-order valence-corrected chi connectivity index (χ0v) is 12.3. The molecule has 1 nitrogen and oxygen atoms in total. The molecular weight excluding hydrogens is 242 g/mol. The lowest BCUT2D eigenvalue weighted by Crippen LogP contribution is -2.61. The van der Waals surface area contributed by atoms with E-state index in [-0.39, 0.29) is 17.9 Å². The van der Waals surface area contributed by atoms with Gasteiger partial charge >= 0.3 is 0 Å². The standard InChI is InChI=1S/C16H27N.ClH/c17-16-9-12-6-13(10-16)8-15(7-12,11-16)14-4-2-1-3-5-14;/h12-14H,1-11,17H2;1H. The second-order valence-corrected chi connectivity index (χ2v) is 8.02. The third kappa shape index (κ3) is 1.93. The van der Waals surface area contributed by atoms with Crippen LogP contribution in [-0.2, 0) is 0 Å². The third-order valence-corrected chi connectivity index (χ3v) is 6.62. The molecular formula is C16H28ClN. The maximum atomic E-state index is 6.71. The minimum atomic E-state index is 0. The summed E-state index contributed by atoms with van der Waals surface area (Å²) in [5.41, 5.74) is 7.69. The Morgan fingerprint density at radius 2 is 1.44 bits per heavy atom. The Kier molecular flexibility index (Phi) is 3.22. The number of rotatable bonds is 1. The predicted molar refractivity (Wildman–Crippen MR) is 77.9 cm³/mol. The van der Waals surface area contributed by atoms with Gasteiger partial charge in [-0.2, -0.15) is 0 Å². The molecule has 2 heteroatoms. The first-order valence-corrected chi connectivity index (χ1v) is 7.96. The molecule has 2 unspecified atom stereocenters. The van der Waals surface area contributed by atoms with Crippen LogP contribution in [0.3, 0.4) is 0 Å². The quantitative estimate of drug-likeness (QED) is 0.755. The molecule has 5 aliphatic rings. The summed E-state index contributed by atoms with van der Waals surface area (Å²) >= 11 is 0. The summed E-state index contributed by atoms with van der Waals surface area (Å²) < 4.78 is 0. The van der Waals surface area contributed by atoms with Gasteiger partial charge in [-0.25, -0.2) is 0 Å². The van der Waals surface area contributed by atoms with Gasteiger partial charge in [0.1, 0.15) is 0 Å². The molecule has 104 valence electrons. The van der Waals surface area contributed by atoms with Crippen LogP contribution < -0.4 is 5.73 Å². The van der Waals surface area contributed by atoms with Crippen molar-refractivity contribution in [1.29, 1.82) is 0 Å². The van der Waals surface area contributed by atoms with Crippen molar-refractivity contribution in [3.05, 3.63) is 0 Å². The molecule has 0 spiro atoms. The van der Waals surface area contributed by atoms with Crippen molar-refractivity contribution in [3.8, 4) is 0 Å². The van der Waals surface area contributed by atoms with Crippen LogP contribution in [0, 0.1) is 23.2 Å². The molecule has 2 atom stereocenters. The van der Waals surface area contributed by atoms with E-state index >= 15 is 0 Å². The summed E-state index contributed by atoms with van der Waals surface area (Å²) in [5.74, 6) is 3.05. The normalized spacial score (nSPS) is 51.2. The van der Waals surface area contributed by atoms with E-state index in [4.69, 9.17) is 5.73 Å². The fourth-order valence-electron chi connectivity index (χ4n) is 6.60. The molecule has 0 amide bonds. The number of nitrogens with two attached hydrogens (primary N) is 1. The van der Waals surface area contributed by atoms with Gasteiger partial charge in [0.25, 0.3) is 0 Å². The van der Waals surface area contributed by atoms with Crippen LogP contribution in [-0.4, -0.2) is 5.54 Å². The van der Waals surface area contributed by atoms with E-state index in [0.717, 1.165) is 17.8 Å². The van der Waals surface area contributed by atoms with Gasteiger partial charge in [-0.15, -0.1) is 12.4 Å². The number of hydrogen-bond donors (Lipinski definition) is 1. The number of halogens is 1.